The molecule has 0 radical (unpaired) electrons. The Kier molecular flexibility index (Phi) is 4.46. The van der Waals surface area contributed by atoms with Crippen molar-refractivity contribution in [3.8, 4) is 21.8 Å². The van der Waals surface area contributed by atoms with Gasteiger partial charge in [0.25, 0.3) is 5.56 Å². The number of hydrogen-bond acceptors (Lipinski definition) is 4. The standard InChI is InChI=1S/C20H17FN2OS2/c1-12-5-7-14(8-6-12)18-22-19-17(20(24)23(18)10-9-21)16(13(2)26-19)15-4-3-11-25-15/h3-8,11H,9-10H2,1-2H3. The summed E-state index contributed by atoms with van der Waals surface area (Å²) in [5, 5.41) is 2.59. The van der Waals surface area contributed by atoms with Crippen LogP contribution in [0.2, 0.25) is 0 Å². The van der Waals surface area contributed by atoms with Gasteiger partial charge in [-0.1, -0.05) is 35.9 Å². The Labute approximate surface area is 158 Å². The highest BCUT2D eigenvalue weighted by Gasteiger charge is 2.20. The lowest BCUT2D eigenvalue weighted by Gasteiger charge is -2.11. The van der Waals surface area contributed by atoms with E-state index in [0.29, 0.717) is 16.0 Å². The fraction of sp³-hybridized carbons (Fsp3) is 0.200. The highest BCUT2D eigenvalue weighted by atomic mass is 32.1. The first kappa shape index (κ1) is 17.1. The van der Waals surface area contributed by atoms with Crippen LogP contribution in [0.4, 0.5) is 4.39 Å². The van der Waals surface area contributed by atoms with Crippen LogP contribution >= 0.6 is 22.7 Å². The number of hydrogen-bond donors (Lipinski definition) is 0. The molecule has 1 aromatic carbocycles. The number of aromatic nitrogens is 2. The molecule has 0 aliphatic rings. The van der Waals surface area contributed by atoms with Crippen LogP contribution in [-0.2, 0) is 6.54 Å². The Hall–Kier alpha value is -2.31. The van der Waals surface area contributed by atoms with Crippen LogP contribution in [0.3, 0.4) is 0 Å². The molecule has 4 aromatic rings. The van der Waals surface area contributed by atoms with Crippen molar-refractivity contribution in [3.05, 3.63) is 62.6 Å². The summed E-state index contributed by atoms with van der Waals surface area (Å²) in [4.78, 5) is 20.9. The Bertz CT molecular complexity index is 1130. The molecule has 0 N–H and O–H groups in total. The van der Waals surface area contributed by atoms with E-state index in [-0.39, 0.29) is 12.1 Å². The molecular weight excluding hydrogens is 367 g/mol. The van der Waals surface area contributed by atoms with Gasteiger partial charge in [-0.15, -0.1) is 22.7 Å². The van der Waals surface area contributed by atoms with E-state index in [1.54, 1.807) is 11.3 Å². The van der Waals surface area contributed by atoms with Gasteiger partial charge in [0.15, 0.2) is 0 Å². The van der Waals surface area contributed by atoms with E-state index in [9.17, 15) is 9.18 Å². The van der Waals surface area contributed by atoms with E-state index < -0.39 is 6.67 Å². The van der Waals surface area contributed by atoms with Crippen LogP contribution in [0.1, 0.15) is 10.4 Å². The lowest BCUT2D eigenvalue weighted by atomic mass is 10.1. The lowest BCUT2D eigenvalue weighted by Crippen LogP contribution is -2.24. The van der Waals surface area contributed by atoms with Crippen molar-refractivity contribution < 1.29 is 4.39 Å². The van der Waals surface area contributed by atoms with Gasteiger partial charge in [-0.3, -0.25) is 9.36 Å². The monoisotopic (exact) mass is 384 g/mol. The van der Waals surface area contributed by atoms with Gasteiger partial charge in [0.1, 0.15) is 17.3 Å². The number of thiophene rings is 2. The summed E-state index contributed by atoms with van der Waals surface area (Å²) in [5.74, 6) is 0.527. The number of alkyl halides is 1. The zero-order valence-corrected chi connectivity index (χ0v) is 16.1. The topological polar surface area (TPSA) is 34.9 Å². The van der Waals surface area contributed by atoms with Crippen molar-refractivity contribution in [2.24, 2.45) is 0 Å². The summed E-state index contributed by atoms with van der Waals surface area (Å²) in [7, 11) is 0. The second-order valence-electron chi connectivity index (χ2n) is 6.14. The molecule has 0 amide bonds. The normalized spacial score (nSPS) is 11.3. The van der Waals surface area contributed by atoms with Gasteiger partial charge in [0.2, 0.25) is 0 Å². The largest absolute Gasteiger partial charge is 0.289 e. The molecule has 0 spiro atoms. The number of aryl methyl sites for hydroxylation is 2. The SMILES string of the molecule is Cc1ccc(-c2nc3sc(C)c(-c4cccs4)c3c(=O)n2CCF)cc1. The van der Waals surface area contributed by atoms with E-state index in [0.717, 1.165) is 26.4 Å². The molecule has 3 heterocycles. The number of benzene rings is 1. The highest BCUT2D eigenvalue weighted by Crippen LogP contribution is 2.38. The molecule has 0 fully saturated rings. The molecule has 4 rings (SSSR count). The number of rotatable bonds is 4. The summed E-state index contributed by atoms with van der Waals surface area (Å²) in [5.41, 5.74) is 2.71. The summed E-state index contributed by atoms with van der Waals surface area (Å²) in [6.45, 7) is 3.41. The zero-order chi connectivity index (χ0) is 18.3. The van der Waals surface area contributed by atoms with Crippen molar-refractivity contribution in [3.63, 3.8) is 0 Å². The summed E-state index contributed by atoms with van der Waals surface area (Å²) < 4.78 is 14.7. The Morgan fingerprint density at radius 2 is 1.92 bits per heavy atom. The number of nitrogens with zero attached hydrogens (tertiary/aromatic N) is 2. The van der Waals surface area contributed by atoms with E-state index in [4.69, 9.17) is 4.98 Å². The minimum atomic E-state index is -0.608. The summed E-state index contributed by atoms with van der Waals surface area (Å²) in [6.07, 6.45) is 0. The average Bonchev–Trinajstić information content (AvgIpc) is 3.25. The molecule has 0 aliphatic carbocycles. The molecule has 3 aromatic heterocycles. The van der Waals surface area contributed by atoms with E-state index >= 15 is 0 Å². The molecule has 132 valence electrons. The lowest BCUT2D eigenvalue weighted by molar-refractivity contribution is 0.441. The van der Waals surface area contributed by atoms with Gasteiger partial charge in [0.05, 0.1) is 11.9 Å². The van der Waals surface area contributed by atoms with Gasteiger partial charge in [-0.2, -0.15) is 0 Å². The Morgan fingerprint density at radius 3 is 2.58 bits per heavy atom. The van der Waals surface area contributed by atoms with Crippen molar-refractivity contribution in [2.75, 3.05) is 6.67 Å². The maximum absolute atomic E-state index is 13.3. The predicted octanol–water partition coefficient (Wildman–Crippen LogP) is 5.44. The molecule has 0 saturated heterocycles. The number of halogens is 1. The van der Waals surface area contributed by atoms with Crippen molar-refractivity contribution in [1.29, 1.82) is 0 Å². The molecule has 0 aliphatic heterocycles. The smallest absolute Gasteiger partial charge is 0.263 e. The van der Waals surface area contributed by atoms with Crippen LogP contribution in [0.5, 0.6) is 0 Å². The molecule has 0 atom stereocenters. The fourth-order valence-electron chi connectivity index (χ4n) is 3.13. The zero-order valence-electron chi connectivity index (χ0n) is 14.5. The minimum Gasteiger partial charge on any atom is -0.289 e. The molecular formula is C20H17FN2OS2. The van der Waals surface area contributed by atoms with Crippen LogP contribution in [0.25, 0.3) is 32.0 Å². The molecule has 3 nitrogen and oxygen atoms in total. The van der Waals surface area contributed by atoms with Gasteiger partial charge in [0, 0.05) is 20.9 Å². The summed E-state index contributed by atoms with van der Waals surface area (Å²) in [6, 6.07) is 11.8. The Morgan fingerprint density at radius 1 is 1.15 bits per heavy atom. The van der Waals surface area contributed by atoms with Crippen LogP contribution in [0, 0.1) is 13.8 Å². The van der Waals surface area contributed by atoms with E-state index in [2.05, 4.69) is 0 Å². The molecule has 0 saturated carbocycles. The minimum absolute atomic E-state index is 0.00373. The van der Waals surface area contributed by atoms with Crippen molar-refractivity contribution in [1.82, 2.24) is 9.55 Å². The average molecular weight is 385 g/mol. The maximum Gasteiger partial charge on any atom is 0.263 e. The highest BCUT2D eigenvalue weighted by molar-refractivity contribution is 7.20. The second-order valence-corrected chi connectivity index (χ2v) is 8.29. The molecule has 0 unspecified atom stereocenters. The Balaban J connectivity index is 2.05. The third-order valence-corrected chi connectivity index (χ3v) is 6.26. The third-order valence-electron chi connectivity index (χ3n) is 4.37. The van der Waals surface area contributed by atoms with E-state index in [1.165, 1.54) is 15.9 Å². The van der Waals surface area contributed by atoms with Gasteiger partial charge >= 0.3 is 0 Å². The molecule has 0 bridgehead atoms. The quantitative estimate of drug-likeness (QED) is 0.470. The second kappa shape index (κ2) is 6.78. The first-order valence-electron chi connectivity index (χ1n) is 8.31. The third kappa shape index (κ3) is 2.79. The van der Waals surface area contributed by atoms with Gasteiger partial charge < -0.3 is 0 Å². The van der Waals surface area contributed by atoms with Crippen molar-refractivity contribution in [2.45, 2.75) is 20.4 Å². The molecule has 26 heavy (non-hydrogen) atoms. The van der Waals surface area contributed by atoms with Crippen LogP contribution < -0.4 is 5.56 Å². The predicted molar refractivity (Wildman–Crippen MR) is 108 cm³/mol. The first-order valence-corrected chi connectivity index (χ1v) is 10.0. The maximum atomic E-state index is 13.3. The summed E-state index contributed by atoms with van der Waals surface area (Å²) >= 11 is 3.11. The van der Waals surface area contributed by atoms with Crippen LogP contribution in [0.15, 0.2) is 46.6 Å². The van der Waals surface area contributed by atoms with Crippen molar-refractivity contribution >= 4 is 32.9 Å². The van der Waals surface area contributed by atoms with E-state index in [1.807, 2.05) is 55.6 Å². The van der Waals surface area contributed by atoms with Gasteiger partial charge in [-0.25, -0.2) is 9.37 Å². The van der Waals surface area contributed by atoms with Crippen LogP contribution in [-0.4, -0.2) is 16.2 Å². The van der Waals surface area contributed by atoms with Gasteiger partial charge in [-0.05, 0) is 25.3 Å². The molecule has 6 heteroatoms. The number of fused-ring (bicyclic) bond motifs is 1. The fourth-order valence-corrected chi connectivity index (χ4v) is 5.05. The first-order chi connectivity index (χ1) is 12.6.